The third kappa shape index (κ3) is 21.2. The fourth-order valence-corrected chi connectivity index (χ4v) is 2.95. The van der Waals surface area contributed by atoms with E-state index in [1.165, 1.54) is 83.5 Å². The van der Waals surface area contributed by atoms with Crippen molar-refractivity contribution in [3.8, 4) is 0 Å². The molecule has 0 unspecified atom stereocenters. The quantitative estimate of drug-likeness (QED) is 0.135. The van der Waals surface area contributed by atoms with Gasteiger partial charge in [-0.05, 0) is 38.5 Å². The summed E-state index contributed by atoms with van der Waals surface area (Å²) in [5, 5.41) is 0. The summed E-state index contributed by atoms with van der Waals surface area (Å²) in [5.41, 5.74) is 0. The minimum atomic E-state index is 0.00139. The Labute approximate surface area is 157 Å². The summed E-state index contributed by atoms with van der Waals surface area (Å²) in [6, 6.07) is 0. The fourth-order valence-electron chi connectivity index (χ4n) is 2.95. The lowest BCUT2D eigenvalue weighted by Gasteiger charge is -2.05. The van der Waals surface area contributed by atoms with Gasteiger partial charge in [0.1, 0.15) is 0 Å². The largest absolute Gasteiger partial charge is 0.466 e. The Morgan fingerprint density at radius 1 is 0.640 bits per heavy atom. The van der Waals surface area contributed by atoms with Gasteiger partial charge in [-0.1, -0.05) is 90.2 Å². The molecule has 0 saturated carbocycles. The van der Waals surface area contributed by atoms with Crippen LogP contribution in [0.4, 0.5) is 0 Å². The average molecular weight is 353 g/mol. The minimum absolute atomic E-state index is 0.00139. The summed E-state index contributed by atoms with van der Waals surface area (Å²) < 4.78 is 5.28. The molecule has 0 atom stereocenters. The number of unbranched alkanes of at least 4 members (excludes halogenated alkanes) is 13. The number of esters is 1. The number of allylic oxidation sites excluding steroid dienone is 2. The second kappa shape index (κ2) is 21.3. The summed E-state index contributed by atoms with van der Waals surface area (Å²) in [4.78, 5) is 11.6. The number of hydrogen-bond acceptors (Lipinski definition) is 2. The van der Waals surface area contributed by atoms with Crippen molar-refractivity contribution < 1.29 is 9.53 Å². The second-order valence-electron chi connectivity index (χ2n) is 7.26. The lowest BCUT2D eigenvalue weighted by atomic mass is 10.1. The maximum Gasteiger partial charge on any atom is 0.305 e. The van der Waals surface area contributed by atoms with Crippen molar-refractivity contribution in [1.29, 1.82) is 0 Å². The number of carbonyl (C=O) groups is 1. The molecule has 0 rings (SSSR count). The van der Waals surface area contributed by atoms with E-state index < -0.39 is 0 Å². The molecule has 0 fully saturated rings. The Kier molecular flexibility index (Phi) is 20.6. The van der Waals surface area contributed by atoms with E-state index in [9.17, 15) is 4.79 Å². The Balaban J connectivity index is 3.19. The maximum atomic E-state index is 11.6. The van der Waals surface area contributed by atoms with Crippen molar-refractivity contribution in [2.24, 2.45) is 0 Å². The van der Waals surface area contributed by atoms with Gasteiger partial charge in [0.15, 0.2) is 0 Å². The van der Waals surface area contributed by atoms with Crippen LogP contribution in [-0.2, 0) is 9.53 Å². The van der Waals surface area contributed by atoms with Gasteiger partial charge in [-0.25, -0.2) is 0 Å². The first-order valence-corrected chi connectivity index (χ1v) is 11.1. The monoisotopic (exact) mass is 352 g/mol. The van der Waals surface area contributed by atoms with E-state index in [0.29, 0.717) is 13.0 Å². The molecule has 0 heterocycles. The van der Waals surface area contributed by atoms with Crippen molar-refractivity contribution in [1.82, 2.24) is 0 Å². The number of ether oxygens (including phenoxy) is 1. The fraction of sp³-hybridized carbons (Fsp3) is 0.870. The van der Waals surface area contributed by atoms with Gasteiger partial charge in [0.25, 0.3) is 0 Å². The normalized spacial score (nSPS) is 11.3. The van der Waals surface area contributed by atoms with Gasteiger partial charge in [-0.2, -0.15) is 0 Å². The summed E-state index contributed by atoms with van der Waals surface area (Å²) >= 11 is 0. The first-order chi connectivity index (χ1) is 12.3. The summed E-state index contributed by atoms with van der Waals surface area (Å²) in [7, 11) is 0. The Morgan fingerprint density at radius 2 is 1.12 bits per heavy atom. The van der Waals surface area contributed by atoms with E-state index in [2.05, 4.69) is 26.0 Å². The molecule has 0 saturated heterocycles. The van der Waals surface area contributed by atoms with Crippen molar-refractivity contribution in [3.05, 3.63) is 12.2 Å². The second-order valence-corrected chi connectivity index (χ2v) is 7.26. The lowest BCUT2D eigenvalue weighted by Crippen LogP contribution is -2.05. The van der Waals surface area contributed by atoms with Gasteiger partial charge in [0, 0.05) is 6.42 Å². The summed E-state index contributed by atoms with van der Waals surface area (Å²) in [6.45, 7) is 5.09. The minimum Gasteiger partial charge on any atom is -0.466 e. The Morgan fingerprint density at radius 3 is 1.76 bits per heavy atom. The molecule has 2 heteroatoms. The zero-order chi connectivity index (χ0) is 18.4. The third-order valence-electron chi connectivity index (χ3n) is 4.65. The smallest absolute Gasteiger partial charge is 0.305 e. The molecular weight excluding hydrogens is 308 g/mol. The molecule has 0 aromatic rings. The SMILES string of the molecule is CCCCCCC=CCCCCCCCC(=O)OCCCCCCC. The molecule has 0 spiro atoms. The summed E-state index contributed by atoms with van der Waals surface area (Å²) in [6.07, 6.45) is 25.2. The molecule has 0 radical (unpaired) electrons. The van der Waals surface area contributed by atoms with Gasteiger partial charge < -0.3 is 4.74 Å². The van der Waals surface area contributed by atoms with Crippen LogP contribution in [0.1, 0.15) is 123 Å². The highest BCUT2D eigenvalue weighted by Gasteiger charge is 2.02. The van der Waals surface area contributed by atoms with E-state index in [1.807, 2.05) is 0 Å². The van der Waals surface area contributed by atoms with Crippen LogP contribution in [-0.4, -0.2) is 12.6 Å². The molecule has 0 aliphatic rings. The van der Waals surface area contributed by atoms with Crippen molar-refractivity contribution in [3.63, 3.8) is 0 Å². The van der Waals surface area contributed by atoms with E-state index in [4.69, 9.17) is 4.74 Å². The lowest BCUT2D eigenvalue weighted by molar-refractivity contribution is -0.143. The van der Waals surface area contributed by atoms with Gasteiger partial charge in [-0.3, -0.25) is 4.79 Å². The van der Waals surface area contributed by atoms with Crippen LogP contribution in [0.5, 0.6) is 0 Å². The first kappa shape index (κ1) is 24.2. The predicted octanol–water partition coefficient (Wildman–Crippen LogP) is 7.76. The van der Waals surface area contributed by atoms with Crippen LogP contribution in [0.25, 0.3) is 0 Å². The predicted molar refractivity (Wildman–Crippen MR) is 110 cm³/mol. The maximum absolute atomic E-state index is 11.6. The van der Waals surface area contributed by atoms with Crippen molar-refractivity contribution in [2.45, 2.75) is 123 Å². The first-order valence-electron chi connectivity index (χ1n) is 11.1. The molecule has 0 aliphatic heterocycles. The Hall–Kier alpha value is -0.790. The molecule has 148 valence electrons. The van der Waals surface area contributed by atoms with Crippen molar-refractivity contribution >= 4 is 5.97 Å². The standard InChI is InChI=1S/C23H44O2/c1-3-5-7-9-10-11-12-13-14-15-16-17-19-21-23(24)25-22-20-18-8-6-4-2/h11-12H,3-10,13-22H2,1-2H3. The van der Waals surface area contributed by atoms with E-state index >= 15 is 0 Å². The molecule has 0 N–H and O–H groups in total. The number of carbonyl (C=O) groups excluding carboxylic acids is 1. The molecule has 25 heavy (non-hydrogen) atoms. The van der Waals surface area contributed by atoms with Crippen LogP contribution in [0.15, 0.2) is 12.2 Å². The molecule has 0 amide bonds. The number of rotatable bonds is 19. The zero-order valence-electron chi connectivity index (χ0n) is 17.2. The molecule has 0 aromatic carbocycles. The third-order valence-corrected chi connectivity index (χ3v) is 4.65. The average Bonchev–Trinajstić information content (AvgIpc) is 2.62. The molecular formula is C23H44O2. The van der Waals surface area contributed by atoms with E-state index in [0.717, 1.165) is 19.3 Å². The highest BCUT2D eigenvalue weighted by Crippen LogP contribution is 2.10. The molecule has 2 nitrogen and oxygen atoms in total. The van der Waals surface area contributed by atoms with Gasteiger partial charge in [-0.15, -0.1) is 0 Å². The number of hydrogen-bond donors (Lipinski definition) is 0. The molecule has 0 bridgehead atoms. The Bertz CT molecular complexity index is 296. The topological polar surface area (TPSA) is 26.3 Å². The van der Waals surface area contributed by atoms with Gasteiger partial charge >= 0.3 is 5.97 Å². The zero-order valence-corrected chi connectivity index (χ0v) is 17.2. The van der Waals surface area contributed by atoms with Crippen LogP contribution >= 0.6 is 0 Å². The highest BCUT2D eigenvalue weighted by atomic mass is 16.5. The van der Waals surface area contributed by atoms with E-state index in [-0.39, 0.29) is 5.97 Å². The highest BCUT2D eigenvalue weighted by molar-refractivity contribution is 5.69. The van der Waals surface area contributed by atoms with Crippen LogP contribution < -0.4 is 0 Å². The van der Waals surface area contributed by atoms with Crippen LogP contribution in [0.3, 0.4) is 0 Å². The van der Waals surface area contributed by atoms with Crippen LogP contribution in [0.2, 0.25) is 0 Å². The van der Waals surface area contributed by atoms with E-state index in [1.54, 1.807) is 0 Å². The van der Waals surface area contributed by atoms with Gasteiger partial charge in [0.2, 0.25) is 0 Å². The molecule has 0 aromatic heterocycles. The van der Waals surface area contributed by atoms with Crippen molar-refractivity contribution in [2.75, 3.05) is 6.61 Å². The van der Waals surface area contributed by atoms with Gasteiger partial charge in [0.05, 0.1) is 6.61 Å². The summed E-state index contributed by atoms with van der Waals surface area (Å²) in [5.74, 6) is 0.00139. The molecule has 0 aliphatic carbocycles. The van der Waals surface area contributed by atoms with Crippen LogP contribution in [0, 0.1) is 0 Å².